The van der Waals surface area contributed by atoms with Crippen molar-refractivity contribution in [3.05, 3.63) is 88.6 Å². The Morgan fingerprint density at radius 3 is 2.50 bits per heavy atom. The molecule has 6 nitrogen and oxygen atoms in total. The molecule has 1 aliphatic carbocycles. The molecule has 4 aromatic rings. The van der Waals surface area contributed by atoms with Crippen LogP contribution in [-0.4, -0.2) is 25.1 Å². The molecule has 1 heterocycles. The molecule has 0 aliphatic heterocycles. The van der Waals surface area contributed by atoms with Crippen LogP contribution in [-0.2, 0) is 17.6 Å². The van der Waals surface area contributed by atoms with Gasteiger partial charge in [0.05, 0.1) is 25.4 Å². The first-order valence-electron chi connectivity index (χ1n) is 12.2. The summed E-state index contributed by atoms with van der Waals surface area (Å²) in [5.41, 5.74) is 6.60. The van der Waals surface area contributed by atoms with Gasteiger partial charge in [0.15, 0.2) is 11.5 Å². The lowest BCUT2D eigenvalue weighted by atomic mass is 9.92. The van der Waals surface area contributed by atoms with E-state index in [-0.39, 0.29) is 18.3 Å². The summed E-state index contributed by atoms with van der Waals surface area (Å²) in [7, 11) is 3.25. The van der Waals surface area contributed by atoms with Gasteiger partial charge in [0.2, 0.25) is 5.91 Å². The maximum Gasteiger partial charge on any atom is 0.248 e. The van der Waals surface area contributed by atoms with E-state index in [1.165, 1.54) is 11.6 Å². The fraction of sp³-hybridized carbons (Fsp3) is 0.200. The Morgan fingerprint density at radius 1 is 0.947 bits per heavy atom. The summed E-state index contributed by atoms with van der Waals surface area (Å²) in [5.74, 6) is 1.09. The lowest BCUT2D eigenvalue weighted by Crippen LogP contribution is -2.11. The van der Waals surface area contributed by atoms with Crippen LogP contribution in [0.15, 0.2) is 66.7 Å². The minimum Gasteiger partial charge on any atom is -0.493 e. The minimum absolute atomic E-state index is 0. The molecule has 1 amide bonds. The fourth-order valence-corrected chi connectivity index (χ4v) is 4.86. The van der Waals surface area contributed by atoms with E-state index in [1.54, 1.807) is 26.4 Å². The number of halogens is 2. The zero-order chi connectivity index (χ0) is 25.8. The lowest BCUT2D eigenvalue weighted by molar-refractivity contribution is -0.111. The van der Waals surface area contributed by atoms with Gasteiger partial charge in [0.1, 0.15) is 0 Å². The molecule has 0 atom stereocenters. The first-order valence-corrected chi connectivity index (χ1v) is 12.6. The Kier molecular flexibility index (Phi) is 8.77. The Bertz CT molecular complexity index is 1500. The zero-order valence-electron chi connectivity index (χ0n) is 21.2. The number of carbonyl (C=O) groups excluding carboxylic acids is 1. The van der Waals surface area contributed by atoms with E-state index in [1.807, 2.05) is 54.6 Å². The van der Waals surface area contributed by atoms with Crippen molar-refractivity contribution in [2.45, 2.75) is 25.7 Å². The van der Waals surface area contributed by atoms with Gasteiger partial charge in [0.25, 0.3) is 0 Å². The molecule has 0 saturated heterocycles. The van der Waals surface area contributed by atoms with Crippen LogP contribution in [0.5, 0.6) is 11.5 Å². The Hall–Kier alpha value is -3.74. The summed E-state index contributed by atoms with van der Waals surface area (Å²) >= 11 is 6.20. The largest absolute Gasteiger partial charge is 0.493 e. The summed E-state index contributed by atoms with van der Waals surface area (Å²) in [5, 5.41) is 8.13. The van der Waals surface area contributed by atoms with E-state index >= 15 is 0 Å². The number of methoxy groups -OCH3 is 2. The van der Waals surface area contributed by atoms with Crippen molar-refractivity contribution < 1.29 is 14.3 Å². The van der Waals surface area contributed by atoms with Crippen molar-refractivity contribution >= 4 is 64.0 Å². The SMILES string of the molecule is COc1ccc(Nc2c3c(nc4ccc(NC(=O)/C=C/c5ccccc5Cl)cc24)CCCC3)cc1OC.Cl. The van der Waals surface area contributed by atoms with Crippen LogP contribution in [0.4, 0.5) is 17.1 Å². The van der Waals surface area contributed by atoms with E-state index in [0.29, 0.717) is 22.2 Å². The highest BCUT2D eigenvalue weighted by atomic mass is 35.5. The third-order valence-electron chi connectivity index (χ3n) is 6.50. The highest BCUT2D eigenvalue weighted by Crippen LogP contribution is 2.38. The van der Waals surface area contributed by atoms with Gasteiger partial charge in [-0.2, -0.15) is 0 Å². The molecule has 0 spiro atoms. The molecular formula is C30H29Cl2N3O3. The third-order valence-corrected chi connectivity index (χ3v) is 6.85. The number of nitrogens with zero attached hydrogens (tertiary/aromatic N) is 1. The number of pyridine rings is 1. The van der Waals surface area contributed by atoms with Gasteiger partial charge >= 0.3 is 0 Å². The standard InChI is InChI=1S/C30H28ClN3O3.ClH/c1-36-27-15-13-21(18-28(27)37-2)33-30-22-8-4-6-10-25(22)34-26-14-12-20(17-23(26)30)32-29(35)16-11-19-7-3-5-9-24(19)31;/h3,5,7,9,11-18H,4,6,8,10H2,1-2H3,(H,32,35)(H,33,34);1H/b16-11+;. The quantitative estimate of drug-likeness (QED) is 0.232. The first kappa shape index (κ1) is 27.3. The second kappa shape index (κ2) is 12.2. The zero-order valence-corrected chi connectivity index (χ0v) is 22.8. The molecule has 1 aromatic heterocycles. The van der Waals surface area contributed by atoms with Crippen LogP contribution in [0.2, 0.25) is 5.02 Å². The number of aromatic nitrogens is 1. The highest BCUT2D eigenvalue weighted by Gasteiger charge is 2.19. The Labute approximate surface area is 233 Å². The molecule has 1 aliphatic rings. The number of hydrogen-bond acceptors (Lipinski definition) is 5. The minimum atomic E-state index is -0.236. The summed E-state index contributed by atoms with van der Waals surface area (Å²) in [4.78, 5) is 17.6. The molecule has 38 heavy (non-hydrogen) atoms. The summed E-state index contributed by atoms with van der Waals surface area (Å²) in [6, 6.07) is 19.0. The highest BCUT2D eigenvalue weighted by molar-refractivity contribution is 6.32. The number of rotatable bonds is 7. The number of aryl methyl sites for hydroxylation is 1. The number of hydrogen-bond donors (Lipinski definition) is 2. The number of anilines is 3. The molecule has 0 unspecified atom stereocenters. The molecule has 0 fully saturated rings. The second-order valence-electron chi connectivity index (χ2n) is 8.89. The predicted octanol–water partition coefficient (Wildman–Crippen LogP) is 7.60. The predicted molar refractivity (Wildman–Crippen MR) is 158 cm³/mol. The average Bonchev–Trinajstić information content (AvgIpc) is 2.92. The van der Waals surface area contributed by atoms with Gasteiger partial charge in [-0.3, -0.25) is 9.78 Å². The van der Waals surface area contributed by atoms with Crippen molar-refractivity contribution in [1.82, 2.24) is 4.98 Å². The lowest BCUT2D eigenvalue weighted by Gasteiger charge is -2.22. The molecular weight excluding hydrogens is 521 g/mol. The van der Waals surface area contributed by atoms with Crippen molar-refractivity contribution in [3.8, 4) is 11.5 Å². The number of amides is 1. The molecule has 0 bridgehead atoms. The topological polar surface area (TPSA) is 72.5 Å². The van der Waals surface area contributed by atoms with E-state index in [4.69, 9.17) is 26.1 Å². The maximum atomic E-state index is 12.7. The number of ether oxygens (including phenoxy) is 2. The normalized spacial score (nSPS) is 12.5. The number of fused-ring (bicyclic) bond motifs is 2. The van der Waals surface area contributed by atoms with Gasteiger partial charge in [-0.15, -0.1) is 12.4 Å². The second-order valence-corrected chi connectivity index (χ2v) is 9.30. The van der Waals surface area contributed by atoms with Gasteiger partial charge < -0.3 is 20.1 Å². The van der Waals surface area contributed by atoms with Crippen LogP contribution >= 0.6 is 24.0 Å². The van der Waals surface area contributed by atoms with E-state index in [0.717, 1.165) is 59.2 Å². The maximum absolute atomic E-state index is 12.7. The van der Waals surface area contributed by atoms with Crippen LogP contribution in [0.1, 0.15) is 29.7 Å². The Morgan fingerprint density at radius 2 is 1.71 bits per heavy atom. The summed E-state index contributed by atoms with van der Waals surface area (Å²) in [6.07, 6.45) is 7.35. The van der Waals surface area contributed by atoms with Gasteiger partial charge in [-0.1, -0.05) is 29.8 Å². The smallest absolute Gasteiger partial charge is 0.248 e. The Balaban J connectivity index is 0.00000336. The summed E-state index contributed by atoms with van der Waals surface area (Å²) < 4.78 is 10.9. The van der Waals surface area contributed by atoms with Crippen LogP contribution in [0.25, 0.3) is 17.0 Å². The average molecular weight is 550 g/mol. The van der Waals surface area contributed by atoms with Gasteiger partial charge in [0, 0.05) is 39.6 Å². The van der Waals surface area contributed by atoms with Crippen molar-refractivity contribution in [1.29, 1.82) is 0 Å². The van der Waals surface area contributed by atoms with E-state index in [9.17, 15) is 4.79 Å². The van der Waals surface area contributed by atoms with Gasteiger partial charge in [-0.25, -0.2) is 0 Å². The van der Waals surface area contributed by atoms with Gasteiger partial charge in [-0.05, 0) is 79.3 Å². The van der Waals surface area contributed by atoms with E-state index < -0.39 is 0 Å². The molecule has 5 rings (SSSR count). The van der Waals surface area contributed by atoms with Crippen LogP contribution < -0.4 is 20.1 Å². The molecule has 2 N–H and O–H groups in total. The molecule has 196 valence electrons. The number of nitrogens with one attached hydrogen (secondary N) is 2. The first-order chi connectivity index (χ1) is 18.1. The summed E-state index contributed by atoms with van der Waals surface area (Å²) in [6.45, 7) is 0. The molecule has 0 radical (unpaired) electrons. The van der Waals surface area contributed by atoms with Crippen LogP contribution in [0.3, 0.4) is 0 Å². The fourth-order valence-electron chi connectivity index (χ4n) is 4.66. The number of benzene rings is 3. The third kappa shape index (κ3) is 5.87. The van der Waals surface area contributed by atoms with Crippen molar-refractivity contribution in [2.24, 2.45) is 0 Å². The van der Waals surface area contributed by atoms with Crippen LogP contribution in [0, 0.1) is 0 Å². The van der Waals surface area contributed by atoms with Crippen molar-refractivity contribution in [2.75, 3.05) is 24.9 Å². The van der Waals surface area contributed by atoms with E-state index in [2.05, 4.69) is 10.6 Å². The molecule has 0 saturated carbocycles. The number of carbonyl (C=O) groups is 1. The molecule has 3 aromatic carbocycles. The monoisotopic (exact) mass is 549 g/mol. The molecule has 8 heteroatoms. The van der Waals surface area contributed by atoms with Crippen molar-refractivity contribution in [3.63, 3.8) is 0 Å².